The molecule has 0 fully saturated rings. The summed E-state index contributed by atoms with van der Waals surface area (Å²) in [5.41, 5.74) is 28.2. The van der Waals surface area contributed by atoms with Crippen LogP contribution in [0.5, 0.6) is 0 Å². The molecule has 1 N–H and O–H groups in total. The average Bonchev–Trinajstić information content (AvgIpc) is 2.84. The van der Waals surface area contributed by atoms with Crippen LogP contribution in [0.4, 0.5) is 0 Å². The average molecular weight is 425 g/mol. The predicted octanol–water partition coefficient (Wildman–Crippen LogP) is 6.28. The number of carbonyl (C=O) groups excluding carboxylic acids is 3. The number of fused-ring (bicyclic) bond motifs is 1. The van der Waals surface area contributed by atoms with Gasteiger partial charge in [0.15, 0.2) is 17.3 Å². The lowest BCUT2D eigenvalue weighted by molar-refractivity contribution is 0.0994. The summed E-state index contributed by atoms with van der Waals surface area (Å²) in [6, 6.07) is 25.4. The van der Waals surface area contributed by atoms with E-state index in [1.54, 1.807) is 29.2 Å². The maximum Gasteiger partial charge on any atom is 0.193 e. The Morgan fingerprint density at radius 2 is 0.906 bits per heavy atom. The summed E-state index contributed by atoms with van der Waals surface area (Å²) in [6.07, 6.45) is 2.62. The summed E-state index contributed by atoms with van der Waals surface area (Å²) in [5.74, 6) is -0.110. The van der Waals surface area contributed by atoms with Crippen LogP contribution in [-0.4, -0.2) is 17.3 Å². The molecule has 0 aliphatic heterocycles. The van der Waals surface area contributed by atoms with E-state index in [0.29, 0.717) is 11.1 Å². The molecule has 0 bridgehead atoms. The summed E-state index contributed by atoms with van der Waals surface area (Å²) in [4.78, 5) is 37.5. The molecule has 3 aromatic rings. The Kier molecular flexibility index (Phi) is 11.0. The lowest BCUT2D eigenvalue weighted by Crippen LogP contribution is -2.10. The first-order valence-electron chi connectivity index (χ1n) is 9.00. The van der Waals surface area contributed by atoms with Crippen LogP contribution in [-0.2, 0) is 0 Å². The fraction of sp³-hybridized carbons (Fsp3) is 0. The molecule has 1 aliphatic carbocycles. The van der Waals surface area contributed by atoms with Crippen LogP contribution in [0.1, 0.15) is 36.6 Å². The molecule has 0 radical (unpaired) electrons. The molecule has 9 heteroatoms. The number of nitrogens with one attached hydrogen (secondary N) is 1. The van der Waals surface area contributed by atoms with Crippen molar-refractivity contribution in [2.45, 2.75) is 0 Å². The number of hydrogen-bond acceptors (Lipinski definition) is 4. The fourth-order valence-corrected chi connectivity index (χ4v) is 2.59. The number of allylic oxidation sites excluding steroid dienone is 2. The second kappa shape index (κ2) is 14.1. The highest BCUT2D eigenvalue weighted by Gasteiger charge is 2.17. The zero-order valence-corrected chi connectivity index (χ0v) is 16.7. The van der Waals surface area contributed by atoms with Crippen molar-refractivity contribution in [3.63, 3.8) is 0 Å². The highest BCUT2D eigenvalue weighted by Crippen LogP contribution is 2.15. The molecule has 0 spiro atoms. The van der Waals surface area contributed by atoms with Gasteiger partial charge in [-0.25, -0.2) is 0 Å². The SMILES string of the molecule is O=C(c1ccccc1)c1ccccc1.O=C1C=CC(=O)c2ccccc21.[N-]=[N+]=N.[N-]=[N+]=[N-]. The summed E-state index contributed by atoms with van der Waals surface area (Å²) in [5, 5.41) is 0. The van der Waals surface area contributed by atoms with Gasteiger partial charge in [-0.3, -0.25) is 19.3 Å². The maximum atomic E-state index is 11.8. The van der Waals surface area contributed by atoms with Gasteiger partial charge in [-0.2, -0.15) is 0 Å². The predicted molar refractivity (Wildman–Crippen MR) is 120 cm³/mol. The third kappa shape index (κ3) is 7.81. The molecular weight excluding hydrogens is 408 g/mol. The molecule has 4 rings (SSSR count). The van der Waals surface area contributed by atoms with Gasteiger partial charge < -0.3 is 11.1 Å². The van der Waals surface area contributed by atoms with Crippen LogP contribution in [0.25, 0.3) is 26.4 Å². The molecule has 0 unspecified atom stereocenters. The summed E-state index contributed by atoms with van der Waals surface area (Å²) < 4.78 is 0. The summed E-state index contributed by atoms with van der Waals surface area (Å²) in [7, 11) is 0. The molecule has 0 amide bonds. The number of nitrogens with zero attached hydrogens (tertiary/aromatic N) is 5. The van der Waals surface area contributed by atoms with Crippen molar-refractivity contribution in [2.24, 2.45) is 0 Å². The Hall–Kier alpha value is -4.97. The Balaban J connectivity index is 0.000000259. The topological polar surface area (TPSA) is 170 Å². The molecule has 1 aliphatic rings. The third-order valence-electron chi connectivity index (χ3n) is 3.92. The van der Waals surface area contributed by atoms with Gasteiger partial charge in [0, 0.05) is 22.3 Å². The van der Waals surface area contributed by atoms with Gasteiger partial charge in [0.1, 0.15) is 0 Å². The first kappa shape index (κ1) is 25.1. The molecule has 0 heterocycles. The Labute approximate surface area is 183 Å². The molecule has 3 aromatic carbocycles. The minimum Gasteiger partial charge on any atom is -0.373 e. The highest BCUT2D eigenvalue weighted by molar-refractivity contribution is 6.21. The second-order valence-corrected chi connectivity index (χ2v) is 5.86. The second-order valence-electron chi connectivity index (χ2n) is 5.86. The number of carbonyl (C=O) groups is 3. The minimum atomic E-state index is -0.0924. The summed E-state index contributed by atoms with van der Waals surface area (Å²) >= 11 is 0. The number of benzene rings is 3. The molecule has 0 saturated carbocycles. The molecule has 32 heavy (non-hydrogen) atoms. The van der Waals surface area contributed by atoms with Crippen molar-refractivity contribution in [1.82, 2.24) is 0 Å². The number of rotatable bonds is 2. The van der Waals surface area contributed by atoms with E-state index in [1.807, 2.05) is 60.7 Å². The zero-order chi connectivity index (χ0) is 23.8. The van der Waals surface area contributed by atoms with E-state index in [2.05, 4.69) is 0 Å². The Bertz CT molecular complexity index is 1070. The first-order valence-corrected chi connectivity index (χ1v) is 9.00. The quantitative estimate of drug-likeness (QED) is 0.221. The van der Waals surface area contributed by atoms with Crippen molar-refractivity contribution >= 4 is 17.3 Å². The van der Waals surface area contributed by atoms with Crippen LogP contribution in [0.2, 0.25) is 0 Å². The van der Waals surface area contributed by atoms with Gasteiger partial charge >= 0.3 is 0 Å². The first-order chi connectivity index (χ1) is 15.5. The van der Waals surface area contributed by atoms with E-state index in [4.69, 9.17) is 22.1 Å². The van der Waals surface area contributed by atoms with Crippen molar-refractivity contribution in [3.05, 3.63) is 146 Å². The smallest absolute Gasteiger partial charge is 0.193 e. The van der Waals surface area contributed by atoms with Gasteiger partial charge in [-0.1, -0.05) is 84.9 Å². The van der Waals surface area contributed by atoms with Crippen molar-refractivity contribution < 1.29 is 14.4 Å². The van der Waals surface area contributed by atoms with Gasteiger partial charge in [0.25, 0.3) is 0 Å². The highest BCUT2D eigenvalue weighted by atomic mass is 16.1. The monoisotopic (exact) mass is 425 g/mol. The standard InChI is InChI=1S/C13H10O.C10H6O2.HN3.N3/c14-13(11-7-3-1-4-8-11)12-9-5-2-6-10-12;11-9-5-6-10(12)8-4-2-1-3-7(8)9;2*1-3-2/h1-10H;1-6H;1H;/q;;;-1. The van der Waals surface area contributed by atoms with E-state index in [9.17, 15) is 14.4 Å². The Morgan fingerprint density at radius 3 is 1.22 bits per heavy atom. The molecule has 9 nitrogen and oxygen atoms in total. The molecular formula is C23H17N6O3-. The lowest BCUT2D eigenvalue weighted by Gasteiger charge is -2.06. The van der Waals surface area contributed by atoms with E-state index < -0.39 is 0 Å². The molecule has 0 saturated heterocycles. The van der Waals surface area contributed by atoms with Crippen molar-refractivity contribution in [1.29, 1.82) is 5.53 Å². The van der Waals surface area contributed by atoms with Gasteiger partial charge in [-0.15, -0.1) is 5.53 Å². The van der Waals surface area contributed by atoms with Crippen molar-refractivity contribution in [2.75, 3.05) is 0 Å². The van der Waals surface area contributed by atoms with Gasteiger partial charge in [0.2, 0.25) is 0 Å². The number of hydrogen-bond donors (Lipinski definition) is 1. The van der Waals surface area contributed by atoms with Gasteiger partial charge in [0.05, 0.1) is 0 Å². The van der Waals surface area contributed by atoms with Crippen LogP contribution in [0, 0.1) is 5.53 Å². The normalized spacial score (nSPS) is 10.2. The van der Waals surface area contributed by atoms with Crippen LogP contribution in [0.15, 0.2) is 97.1 Å². The minimum absolute atomic E-state index is 0.0752. The van der Waals surface area contributed by atoms with Crippen LogP contribution in [0.3, 0.4) is 0 Å². The third-order valence-corrected chi connectivity index (χ3v) is 3.92. The van der Waals surface area contributed by atoms with E-state index in [1.165, 1.54) is 17.1 Å². The lowest BCUT2D eigenvalue weighted by atomic mass is 9.95. The van der Waals surface area contributed by atoms with Crippen molar-refractivity contribution in [3.8, 4) is 0 Å². The maximum absolute atomic E-state index is 11.8. The molecule has 158 valence electrons. The molecule has 0 atom stereocenters. The van der Waals surface area contributed by atoms with E-state index in [-0.39, 0.29) is 17.3 Å². The number of ketones is 3. The van der Waals surface area contributed by atoms with Crippen LogP contribution < -0.4 is 0 Å². The van der Waals surface area contributed by atoms with Gasteiger partial charge in [-0.05, 0) is 22.6 Å². The fourth-order valence-electron chi connectivity index (χ4n) is 2.59. The Morgan fingerprint density at radius 1 is 0.625 bits per heavy atom. The van der Waals surface area contributed by atoms with E-state index in [0.717, 1.165) is 11.1 Å². The summed E-state index contributed by atoms with van der Waals surface area (Å²) in [6.45, 7) is 0. The zero-order valence-electron chi connectivity index (χ0n) is 16.7. The largest absolute Gasteiger partial charge is 0.373 e. The molecule has 0 aromatic heterocycles. The van der Waals surface area contributed by atoms with Crippen LogP contribution >= 0.6 is 0 Å². The van der Waals surface area contributed by atoms with E-state index >= 15 is 0 Å².